The second kappa shape index (κ2) is 6.58. The lowest BCUT2D eigenvalue weighted by Gasteiger charge is -2.22. The molecule has 0 aliphatic heterocycles. The standard InChI is InChI=1S/C12H20N2O2/c1-9-6-5-7-11(14-9)8-13-10(2)12(15-3)16-4/h5-7,10,12-13H,8H2,1-4H3. The quantitative estimate of drug-likeness (QED) is 0.743. The van der Waals surface area contributed by atoms with Crippen LogP contribution in [0.2, 0.25) is 0 Å². The van der Waals surface area contributed by atoms with Gasteiger partial charge in [0, 0.05) is 26.5 Å². The van der Waals surface area contributed by atoms with Crippen molar-refractivity contribution in [2.24, 2.45) is 0 Å². The van der Waals surface area contributed by atoms with E-state index in [2.05, 4.69) is 10.3 Å². The van der Waals surface area contributed by atoms with Crippen molar-refractivity contribution < 1.29 is 9.47 Å². The van der Waals surface area contributed by atoms with Crippen LogP contribution in [0.25, 0.3) is 0 Å². The second-order valence-corrected chi connectivity index (χ2v) is 3.78. The van der Waals surface area contributed by atoms with Gasteiger partial charge >= 0.3 is 0 Å². The molecule has 90 valence electrons. The highest BCUT2D eigenvalue weighted by Crippen LogP contribution is 2.02. The van der Waals surface area contributed by atoms with Crippen LogP contribution in [0.15, 0.2) is 18.2 Å². The van der Waals surface area contributed by atoms with Crippen molar-refractivity contribution in [3.8, 4) is 0 Å². The van der Waals surface area contributed by atoms with Crippen LogP contribution in [0.5, 0.6) is 0 Å². The Kier molecular flexibility index (Phi) is 5.38. The molecule has 0 saturated heterocycles. The highest BCUT2D eigenvalue weighted by atomic mass is 16.7. The zero-order valence-electron chi connectivity index (χ0n) is 10.4. The minimum atomic E-state index is -0.232. The van der Waals surface area contributed by atoms with Gasteiger partial charge in [0.15, 0.2) is 6.29 Å². The van der Waals surface area contributed by atoms with E-state index in [1.165, 1.54) is 0 Å². The molecule has 0 radical (unpaired) electrons. The van der Waals surface area contributed by atoms with Crippen molar-refractivity contribution in [2.75, 3.05) is 14.2 Å². The number of pyridine rings is 1. The lowest BCUT2D eigenvalue weighted by Crippen LogP contribution is -2.39. The van der Waals surface area contributed by atoms with Gasteiger partial charge in [-0.05, 0) is 26.0 Å². The van der Waals surface area contributed by atoms with Crippen LogP contribution >= 0.6 is 0 Å². The van der Waals surface area contributed by atoms with Gasteiger partial charge < -0.3 is 14.8 Å². The molecule has 1 rings (SSSR count). The van der Waals surface area contributed by atoms with Gasteiger partial charge in [0.25, 0.3) is 0 Å². The Morgan fingerprint density at radius 3 is 2.56 bits per heavy atom. The van der Waals surface area contributed by atoms with Crippen LogP contribution in [0.1, 0.15) is 18.3 Å². The number of ether oxygens (including phenoxy) is 2. The van der Waals surface area contributed by atoms with Gasteiger partial charge in [-0.3, -0.25) is 4.98 Å². The van der Waals surface area contributed by atoms with Crippen molar-refractivity contribution in [3.05, 3.63) is 29.6 Å². The molecular weight excluding hydrogens is 204 g/mol. The van der Waals surface area contributed by atoms with E-state index in [0.717, 1.165) is 11.4 Å². The van der Waals surface area contributed by atoms with E-state index in [1.807, 2.05) is 32.0 Å². The first-order valence-corrected chi connectivity index (χ1v) is 5.39. The van der Waals surface area contributed by atoms with Crippen LogP contribution in [-0.2, 0) is 16.0 Å². The van der Waals surface area contributed by atoms with Gasteiger partial charge in [0.1, 0.15) is 0 Å². The molecule has 0 amide bonds. The average molecular weight is 224 g/mol. The number of aromatic nitrogens is 1. The monoisotopic (exact) mass is 224 g/mol. The Morgan fingerprint density at radius 2 is 2.00 bits per heavy atom. The summed E-state index contributed by atoms with van der Waals surface area (Å²) in [6, 6.07) is 6.12. The zero-order valence-corrected chi connectivity index (χ0v) is 10.4. The molecule has 1 aromatic rings. The predicted octanol–water partition coefficient (Wildman–Crippen LogP) is 1.49. The van der Waals surface area contributed by atoms with Gasteiger partial charge in [0.2, 0.25) is 0 Å². The van der Waals surface area contributed by atoms with Crippen molar-refractivity contribution in [1.82, 2.24) is 10.3 Å². The fraction of sp³-hybridized carbons (Fsp3) is 0.583. The summed E-state index contributed by atoms with van der Waals surface area (Å²) in [6.07, 6.45) is -0.232. The minimum absolute atomic E-state index is 0.123. The van der Waals surface area contributed by atoms with E-state index < -0.39 is 0 Å². The maximum absolute atomic E-state index is 5.17. The molecule has 0 aliphatic rings. The number of nitrogens with one attached hydrogen (secondary N) is 1. The Balaban J connectivity index is 2.45. The molecule has 0 fully saturated rings. The minimum Gasteiger partial charge on any atom is -0.354 e. The summed E-state index contributed by atoms with van der Waals surface area (Å²) in [4.78, 5) is 4.41. The van der Waals surface area contributed by atoms with Gasteiger partial charge in [-0.15, -0.1) is 0 Å². The maximum atomic E-state index is 5.17. The number of nitrogens with zero attached hydrogens (tertiary/aromatic N) is 1. The van der Waals surface area contributed by atoms with E-state index in [4.69, 9.17) is 9.47 Å². The molecule has 0 aliphatic carbocycles. The Bertz CT molecular complexity index is 314. The van der Waals surface area contributed by atoms with Crippen LogP contribution in [-0.4, -0.2) is 31.5 Å². The van der Waals surface area contributed by atoms with E-state index in [1.54, 1.807) is 14.2 Å². The third kappa shape index (κ3) is 3.89. The molecule has 0 aromatic carbocycles. The number of rotatable bonds is 6. The Labute approximate surface area is 97.0 Å². The number of hydrogen-bond acceptors (Lipinski definition) is 4. The highest BCUT2D eigenvalue weighted by molar-refractivity contribution is 5.09. The molecule has 1 unspecified atom stereocenters. The normalized spacial score (nSPS) is 13.1. The van der Waals surface area contributed by atoms with E-state index in [-0.39, 0.29) is 12.3 Å². The van der Waals surface area contributed by atoms with Crippen LogP contribution in [0.3, 0.4) is 0 Å². The number of methoxy groups -OCH3 is 2. The first-order valence-electron chi connectivity index (χ1n) is 5.39. The summed E-state index contributed by atoms with van der Waals surface area (Å²) >= 11 is 0. The van der Waals surface area contributed by atoms with Gasteiger partial charge in [-0.25, -0.2) is 0 Å². The fourth-order valence-corrected chi connectivity index (χ4v) is 1.56. The zero-order chi connectivity index (χ0) is 12.0. The summed E-state index contributed by atoms with van der Waals surface area (Å²) < 4.78 is 10.3. The molecule has 1 N–H and O–H groups in total. The lowest BCUT2D eigenvalue weighted by molar-refractivity contribution is -0.119. The Morgan fingerprint density at radius 1 is 1.31 bits per heavy atom. The van der Waals surface area contributed by atoms with Crippen LogP contribution in [0, 0.1) is 6.92 Å². The summed E-state index contributed by atoms with van der Waals surface area (Å²) in [5.41, 5.74) is 2.06. The molecule has 4 nitrogen and oxygen atoms in total. The molecule has 0 saturated carbocycles. The van der Waals surface area contributed by atoms with Gasteiger partial charge in [0.05, 0.1) is 11.7 Å². The average Bonchev–Trinajstić information content (AvgIpc) is 2.28. The summed E-state index contributed by atoms with van der Waals surface area (Å²) in [5, 5.41) is 3.32. The third-order valence-electron chi connectivity index (χ3n) is 2.42. The van der Waals surface area contributed by atoms with Crippen LogP contribution in [0.4, 0.5) is 0 Å². The topological polar surface area (TPSA) is 43.4 Å². The molecule has 1 atom stereocenters. The molecule has 0 spiro atoms. The van der Waals surface area contributed by atoms with Crippen molar-refractivity contribution in [3.63, 3.8) is 0 Å². The smallest absolute Gasteiger partial charge is 0.171 e. The molecular formula is C12H20N2O2. The molecule has 16 heavy (non-hydrogen) atoms. The van der Waals surface area contributed by atoms with E-state index >= 15 is 0 Å². The van der Waals surface area contributed by atoms with E-state index in [9.17, 15) is 0 Å². The first-order chi connectivity index (χ1) is 7.67. The summed E-state index contributed by atoms with van der Waals surface area (Å²) in [5.74, 6) is 0. The van der Waals surface area contributed by atoms with Crippen molar-refractivity contribution in [2.45, 2.75) is 32.7 Å². The second-order valence-electron chi connectivity index (χ2n) is 3.78. The first kappa shape index (κ1) is 13.1. The molecule has 1 heterocycles. The number of aryl methyl sites for hydroxylation is 1. The molecule has 4 heteroatoms. The fourth-order valence-electron chi connectivity index (χ4n) is 1.56. The molecule has 0 bridgehead atoms. The lowest BCUT2D eigenvalue weighted by atomic mass is 10.2. The van der Waals surface area contributed by atoms with Gasteiger partial charge in [-0.1, -0.05) is 6.07 Å². The van der Waals surface area contributed by atoms with Gasteiger partial charge in [-0.2, -0.15) is 0 Å². The maximum Gasteiger partial charge on any atom is 0.171 e. The highest BCUT2D eigenvalue weighted by Gasteiger charge is 2.14. The third-order valence-corrected chi connectivity index (χ3v) is 2.42. The largest absolute Gasteiger partial charge is 0.354 e. The summed E-state index contributed by atoms with van der Waals surface area (Å²) in [7, 11) is 3.27. The predicted molar refractivity (Wildman–Crippen MR) is 63.1 cm³/mol. The van der Waals surface area contributed by atoms with Crippen molar-refractivity contribution in [1.29, 1.82) is 0 Å². The summed E-state index contributed by atoms with van der Waals surface area (Å²) in [6.45, 7) is 4.72. The molecule has 1 aromatic heterocycles. The van der Waals surface area contributed by atoms with E-state index in [0.29, 0.717) is 6.54 Å². The van der Waals surface area contributed by atoms with Crippen LogP contribution < -0.4 is 5.32 Å². The van der Waals surface area contributed by atoms with Crippen molar-refractivity contribution >= 4 is 0 Å². The SMILES string of the molecule is COC(OC)C(C)NCc1cccc(C)n1. The Hall–Kier alpha value is -0.970. The number of hydrogen-bond donors (Lipinski definition) is 1.